The van der Waals surface area contributed by atoms with Gasteiger partial charge in [0, 0.05) is 13.0 Å². The molecule has 0 radical (unpaired) electrons. The molecule has 2 amide bonds. The van der Waals surface area contributed by atoms with Crippen molar-refractivity contribution in [1.29, 1.82) is 0 Å². The smallest absolute Gasteiger partial charge is 0.342 e. The van der Waals surface area contributed by atoms with Gasteiger partial charge in [-0.05, 0) is 11.0 Å². The monoisotopic (exact) mass is 345 g/mol. The van der Waals surface area contributed by atoms with Crippen molar-refractivity contribution >= 4 is 23.3 Å². The van der Waals surface area contributed by atoms with Crippen LogP contribution in [0.4, 0.5) is 11.5 Å². The normalized spacial score (nSPS) is 13.2. The summed E-state index contributed by atoms with van der Waals surface area (Å²) in [4.78, 5) is 50.2. The Morgan fingerprint density at radius 3 is 2.44 bits per heavy atom. The fraction of sp³-hybridized carbons (Fsp3) is 0.214. The molecule has 1 aliphatic rings. The average molecular weight is 345 g/mol. The van der Waals surface area contributed by atoms with Gasteiger partial charge >= 0.3 is 5.82 Å². The maximum absolute atomic E-state index is 12.4. The van der Waals surface area contributed by atoms with Crippen LogP contribution in [0.2, 0.25) is 0 Å². The van der Waals surface area contributed by atoms with E-state index in [1.807, 2.05) is 0 Å². The van der Waals surface area contributed by atoms with Gasteiger partial charge in [0.25, 0.3) is 17.5 Å². The van der Waals surface area contributed by atoms with Gasteiger partial charge in [0.2, 0.25) is 0 Å². The second kappa shape index (κ2) is 5.78. The number of hydrogen-bond acceptors (Lipinski definition) is 7. The van der Waals surface area contributed by atoms with E-state index in [4.69, 9.17) is 0 Å². The molecule has 1 aromatic heterocycles. The lowest BCUT2D eigenvalue weighted by atomic mass is 10.1. The largest absolute Gasteiger partial charge is 0.358 e. The summed E-state index contributed by atoms with van der Waals surface area (Å²) in [6.07, 6.45) is 1.09. The highest BCUT2D eigenvalue weighted by atomic mass is 16.6. The topological polar surface area (TPSA) is 141 Å². The van der Waals surface area contributed by atoms with E-state index in [-0.39, 0.29) is 30.0 Å². The van der Waals surface area contributed by atoms with E-state index in [0.29, 0.717) is 5.82 Å². The van der Waals surface area contributed by atoms with Crippen LogP contribution in [-0.2, 0) is 6.54 Å². The molecule has 2 aromatic rings. The van der Waals surface area contributed by atoms with Gasteiger partial charge in [0.05, 0.1) is 17.0 Å². The summed E-state index contributed by atoms with van der Waals surface area (Å²) in [6, 6.07) is 3.82. The lowest BCUT2D eigenvalue weighted by Crippen LogP contribution is -2.33. The lowest BCUT2D eigenvalue weighted by Gasteiger charge is -2.13. The lowest BCUT2D eigenvalue weighted by molar-refractivity contribution is -0.392. The quantitative estimate of drug-likeness (QED) is 0.451. The minimum absolute atomic E-state index is 0.0403. The summed E-state index contributed by atoms with van der Waals surface area (Å²) < 4.78 is 1.26. The first-order valence-corrected chi connectivity index (χ1v) is 7.13. The number of rotatable bonds is 5. The Kier molecular flexibility index (Phi) is 3.75. The third kappa shape index (κ3) is 2.51. The Hall–Kier alpha value is -3.63. The molecule has 11 heteroatoms. The summed E-state index contributed by atoms with van der Waals surface area (Å²) >= 11 is 0. The van der Waals surface area contributed by atoms with Crippen molar-refractivity contribution in [3.8, 4) is 0 Å². The van der Waals surface area contributed by atoms with Crippen LogP contribution in [0.25, 0.3) is 0 Å². The standard InChI is InChI=1S/C14H11N5O6/c1-8-15-7-11(19(24)25)16(8)5-6-17-13(20)9-3-2-4-10(18(22)23)12(9)14(17)21/h2-4,7H,5-6H2,1H3. The predicted octanol–water partition coefficient (Wildman–Crippen LogP) is 1.30. The van der Waals surface area contributed by atoms with E-state index < -0.39 is 27.3 Å². The van der Waals surface area contributed by atoms with E-state index in [9.17, 15) is 29.8 Å². The molecule has 0 saturated carbocycles. The van der Waals surface area contributed by atoms with E-state index in [1.165, 1.54) is 16.7 Å². The molecule has 0 N–H and O–H groups in total. The van der Waals surface area contributed by atoms with E-state index in [1.54, 1.807) is 6.92 Å². The molecule has 0 fully saturated rings. The molecule has 0 bridgehead atoms. The molecule has 128 valence electrons. The molecule has 25 heavy (non-hydrogen) atoms. The van der Waals surface area contributed by atoms with Crippen molar-refractivity contribution in [2.75, 3.05) is 6.54 Å². The van der Waals surface area contributed by atoms with Gasteiger partial charge < -0.3 is 10.1 Å². The van der Waals surface area contributed by atoms with Crippen LogP contribution in [0.3, 0.4) is 0 Å². The number of nitro benzene ring substituents is 1. The van der Waals surface area contributed by atoms with E-state index >= 15 is 0 Å². The number of imidazole rings is 1. The van der Waals surface area contributed by atoms with Gasteiger partial charge in [0.15, 0.2) is 5.82 Å². The maximum Gasteiger partial charge on any atom is 0.342 e. The minimum Gasteiger partial charge on any atom is -0.358 e. The molecule has 0 saturated heterocycles. The second-order valence-corrected chi connectivity index (χ2v) is 5.29. The zero-order valence-electron chi connectivity index (χ0n) is 12.9. The van der Waals surface area contributed by atoms with Crippen LogP contribution in [0.5, 0.6) is 0 Å². The van der Waals surface area contributed by atoms with Crippen molar-refractivity contribution in [3.05, 3.63) is 61.6 Å². The molecule has 0 aliphatic carbocycles. The SMILES string of the molecule is Cc1ncc([N+](=O)[O-])n1CCN1C(=O)c2cccc([N+](=O)[O-])c2C1=O. The summed E-state index contributed by atoms with van der Waals surface area (Å²) in [5.74, 6) is -1.36. The van der Waals surface area contributed by atoms with Gasteiger partial charge in [-0.3, -0.25) is 24.6 Å². The highest BCUT2D eigenvalue weighted by Crippen LogP contribution is 2.30. The minimum atomic E-state index is -0.785. The van der Waals surface area contributed by atoms with Crippen LogP contribution in [0, 0.1) is 27.2 Å². The fourth-order valence-corrected chi connectivity index (χ4v) is 2.75. The Bertz CT molecular complexity index is 934. The first kappa shape index (κ1) is 16.2. The molecule has 1 aliphatic heterocycles. The average Bonchev–Trinajstić information content (AvgIpc) is 3.05. The summed E-state index contributed by atoms with van der Waals surface area (Å²) in [5, 5.41) is 22.0. The number of carbonyl (C=O) groups is 2. The number of fused-ring (bicyclic) bond motifs is 1. The number of hydrogen-bond donors (Lipinski definition) is 0. The molecule has 11 nitrogen and oxygen atoms in total. The number of amides is 2. The highest BCUT2D eigenvalue weighted by Gasteiger charge is 2.41. The van der Waals surface area contributed by atoms with Gasteiger partial charge in [0.1, 0.15) is 18.3 Å². The molecule has 0 spiro atoms. The molecule has 1 aromatic carbocycles. The van der Waals surface area contributed by atoms with Crippen molar-refractivity contribution in [3.63, 3.8) is 0 Å². The van der Waals surface area contributed by atoms with Gasteiger partial charge in [-0.15, -0.1) is 0 Å². The number of carbonyl (C=O) groups excluding carboxylic acids is 2. The first-order valence-electron chi connectivity index (χ1n) is 7.13. The Morgan fingerprint density at radius 1 is 1.08 bits per heavy atom. The number of imide groups is 1. The maximum atomic E-state index is 12.4. The molecular weight excluding hydrogens is 334 g/mol. The van der Waals surface area contributed by atoms with Crippen molar-refractivity contribution < 1.29 is 19.4 Å². The van der Waals surface area contributed by atoms with Crippen molar-refractivity contribution in [1.82, 2.24) is 14.5 Å². The van der Waals surface area contributed by atoms with Crippen LogP contribution >= 0.6 is 0 Å². The number of aromatic nitrogens is 2. The van der Waals surface area contributed by atoms with Crippen LogP contribution in [0.1, 0.15) is 26.5 Å². The van der Waals surface area contributed by atoms with Crippen LogP contribution < -0.4 is 0 Å². The predicted molar refractivity (Wildman–Crippen MR) is 82.1 cm³/mol. The summed E-state index contributed by atoms with van der Waals surface area (Å²) in [6.45, 7) is 1.35. The third-order valence-electron chi connectivity index (χ3n) is 3.94. The van der Waals surface area contributed by atoms with Gasteiger partial charge in [-0.1, -0.05) is 6.07 Å². The number of aryl methyl sites for hydroxylation is 1. The Morgan fingerprint density at radius 2 is 1.80 bits per heavy atom. The fourth-order valence-electron chi connectivity index (χ4n) is 2.75. The third-order valence-corrected chi connectivity index (χ3v) is 3.94. The number of nitro groups is 2. The van der Waals surface area contributed by atoms with Crippen molar-refractivity contribution in [2.24, 2.45) is 0 Å². The summed E-state index contributed by atoms with van der Waals surface area (Å²) in [5.41, 5.74) is -0.742. The zero-order chi connectivity index (χ0) is 18.3. The molecule has 2 heterocycles. The molecule has 0 atom stereocenters. The van der Waals surface area contributed by atoms with Crippen molar-refractivity contribution in [2.45, 2.75) is 13.5 Å². The number of benzene rings is 1. The summed E-state index contributed by atoms with van der Waals surface area (Å²) in [7, 11) is 0. The van der Waals surface area contributed by atoms with E-state index in [0.717, 1.165) is 17.2 Å². The molecule has 3 rings (SSSR count). The Labute approximate surface area is 139 Å². The number of nitrogens with zero attached hydrogens (tertiary/aromatic N) is 5. The molecular formula is C14H11N5O6. The van der Waals surface area contributed by atoms with Gasteiger partial charge in [-0.2, -0.15) is 0 Å². The molecule has 0 unspecified atom stereocenters. The van der Waals surface area contributed by atoms with Crippen LogP contribution in [0.15, 0.2) is 24.4 Å². The Balaban J connectivity index is 1.89. The highest BCUT2D eigenvalue weighted by molar-refractivity contribution is 6.23. The van der Waals surface area contributed by atoms with Gasteiger partial charge in [-0.25, -0.2) is 9.55 Å². The van der Waals surface area contributed by atoms with E-state index in [2.05, 4.69) is 4.98 Å². The van der Waals surface area contributed by atoms with Crippen LogP contribution in [-0.4, -0.2) is 42.7 Å². The first-order chi connectivity index (χ1) is 11.8. The zero-order valence-corrected chi connectivity index (χ0v) is 12.9. The second-order valence-electron chi connectivity index (χ2n) is 5.29.